The Morgan fingerprint density at radius 3 is 2.67 bits per heavy atom. The number of nitrogens with one attached hydrogen (secondary N) is 1. The number of aromatic nitrogens is 4. The predicted molar refractivity (Wildman–Crippen MR) is 91.2 cm³/mol. The van der Waals surface area contributed by atoms with Crippen molar-refractivity contribution in [3.05, 3.63) is 78.5 Å². The third-order valence-corrected chi connectivity index (χ3v) is 3.75. The predicted octanol–water partition coefficient (Wildman–Crippen LogP) is 3.45. The first-order chi connectivity index (χ1) is 13.1. The van der Waals surface area contributed by atoms with Crippen molar-refractivity contribution < 1.29 is 18.1 Å². The van der Waals surface area contributed by atoms with Crippen LogP contribution in [0.25, 0.3) is 17.0 Å². The highest BCUT2D eigenvalue weighted by Gasteiger charge is 2.16. The van der Waals surface area contributed by atoms with Crippen LogP contribution in [-0.4, -0.2) is 25.8 Å². The Morgan fingerprint density at radius 1 is 1.07 bits per heavy atom. The minimum Gasteiger partial charge on any atom is -0.355 e. The zero-order valence-corrected chi connectivity index (χ0v) is 13.6. The van der Waals surface area contributed by atoms with Crippen molar-refractivity contribution in [2.75, 3.05) is 5.32 Å². The van der Waals surface area contributed by atoms with Gasteiger partial charge in [0.05, 0.1) is 5.56 Å². The fraction of sp³-hybridized carbons (Fsp3) is 0. The number of amides is 1. The molecule has 2 aromatic carbocycles. The summed E-state index contributed by atoms with van der Waals surface area (Å²) in [4.78, 5) is 16.0. The van der Waals surface area contributed by atoms with Crippen molar-refractivity contribution in [2.24, 2.45) is 0 Å². The minimum absolute atomic E-state index is 0.0611. The highest BCUT2D eigenvalue weighted by atomic mass is 19.1. The molecule has 0 bridgehead atoms. The molecule has 0 atom stereocenters. The summed E-state index contributed by atoms with van der Waals surface area (Å²) in [6.45, 7) is 0. The fourth-order valence-corrected chi connectivity index (χ4v) is 2.47. The molecule has 0 aliphatic rings. The molecular weight excluding hydrogens is 356 g/mol. The maximum Gasteiger partial charge on any atom is 0.277 e. The zero-order valence-electron chi connectivity index (χ0n) is 13.6. The normalized spacial score (nSPS) is 10.7. The van der Waals surface area contributed by atoms with E-state index >= 15 is 0 Å². The van der Waals surface area contributed by atoms with Crippen LogP contribution >= 0.6 is 0 Å². The van der Waals surface area contributed by atoms with Crippen LogP contribution in [0.15, 0.2) is 65.7 Å². The van der Waals surface area contributed by atoms with E-state index in [4.69, 9.17) is 4.52 Å². The van der Waals surface area contributed by atoms with Crippen molar-refractivity contribution in [1.82, 2.24) is 19.9 Å². The van der Waals surface area contributed by atoms with Gasteiger partial charge in [0.15, 0.2) is 17.3 Å². The lowest BCUT2D eigenvalue weighted by molar-refractivity contribution is 0.101. The molecule has 2 heterocycles. The average Bonchev–Trinajstić information content (AvgIpc) is 3.34. The van der Waals surface area contributed by atoms with E-state index in [0.29, 0.717) is 0 Å². The minimum atomic E-state index is -0.616. The third-order valence-electron chi connectivity index (χ3n) is 3.75. The van der Waals surface area contributed by atoms with Gasteiger partial charge in [-0.3, -0.25) is 4.79 Å². The van der Waals surface area contributed by atoms with E-state index in [0.717, 1.165) is 6.07 Å². The van der Waals surface area contributed by atoms with Gasteiger partial charge in [-0.15, -0.1) is 0 Å². The number of hydrogen-bond acceptors (Lipinski definition) is 5. The van der Waals surface area contributed by atoms with E-state index in [1.807, 2.05) is 0 Å². The van der Waals surface area contributed by atoms with Gasteiger partial charge in [0.2, 0.25) is 0 Å². The summed E-state index contributed by atoms with van der Waals surface area (Å²) < 4.78 is 34.3. The van der Waals surface area contributed by atoms with Crippen molar-refractivity contribution in [2.45, 2.75) is 0 Å². The van der Waals surface area contributed by atoms with Gasteiger partial charge in [-0.05, 0) is 30.3 Å². The summed E-state index contributed by atoms with van der Waals surface area (Å²) in [6, 6.07) is 11.4. The van der Waals surface area contributed by atoms with Gasteiger partial charge in [0.1, 0.15) is 24.2 Å². The Balaban J connectivity index is 1.53. The summed E-state index contributed by atoms with van der Waals surface area (Å²) in [6.07, 6.45) is 2.64. The van der Waals surface area contributed by atoms with Gasteiger partial charge in [-0.2, -0.15) is 5.10 Å². The molecule has 0 spiro atoms. The summed E-state index contributed by atoms with van der Waals surface area (Å²) in [5, 5.41) is 10.0. The van der Waals surface area contributed by atoms with Gasteiger partial charge in [-0.1, -0.05) is 17.3 Å². The third kappa shape index (κ3) is 3.30. The number of rotatable bonds is 4. The van der Waals surface area contributed by atoms with E-state index in [9.17, 15) is 13.6 Å². The number of carbonyl (C=O) groups excluding carboxylic acids is 1. The van der Waals surface area contributed by atoms with E-state index in [2.05, 4.69) is 20.6 Å². The Bertz CT molecular complexity index is 1110. The molecule has 4 rings (SSSR count). The fourth-order valence-electron chi connectivity index (χ4n) is 2.47. The highest BCUT2D eigenvalue weighted by Crippen LogP contribution is 2.24. The first-order valence-corrected chi connectivity index (χ1v) is 7.79. The largest absolute Gasteiger partial charge is 0.355 e. The monoisotopic (exact) mass is 367 g/mol. The Labute approximate surface area is 151 Å². The summed E-state index contributed by atoms with van der Waals surface area (Å²) in [5.41, 5.74) is 0.534. The molecular formula is C18H11F2N5O2. The second-order valence-corrected chi connectivity index (χ2v) is 5.52. The quantitative estimate of drug-likeness (QED) is 0.597. The number of hydrogen-bond donors (Lipinski definition) is 1. The molecule has 0 aliphatic carbocycles. The Morgan fingerprint density at radius 2 is 1.93 bits per heavy atom. The van der Waals surface area contributed by atoms with Gasteiger partial charge < -0.3 is 9.84 Å². The standard InChI is InChI=1S/C18H11F2N5O2/c19-13-4-2-1-3-12(13)17-8-15(24-27-17)18(26)23-11-5-6-16(14(20)7-11)25-10-21-9-22-25/h1-10H,(H,23,26). The van der Waals surface area contributed by atoms with Gasteiger partial charge >= 0.3 is 0 Å². The lowest BCUT2D eigenvalue weighted by atomic mass is 10.1. The van der Waals surface area contributed by atoms with Crippen LogP contribution in [0, 0.1) is 11.6 Å². The van der Waals surface area contributed by atoms with E-state index in [-0.39, 0.29) is 28.4 Å². The van der Waals surface area contributed by atoms with Crippen LogP contribution in [0.4, 0.5) is 14.5 Å². The molecule has 0 saturated carbocycles. The summed E-state index contributed by atoms with van der Waals surface area (Å²) >= 11 is 0. The lowest BCUT2D eigenvalue weighted by Crippen LogP contribution is -2.12. The molecule has 0 unspecified atom stereocenters. The summed E-state index contributed by atoms with van der Waals surface area (Å²) in [5.74, 6) is -1.59. The van der Waals surface area contributed by atoms with Crippen LogP contribution in [-0.2, 0) is 0 Å². The maximum absolute atomic E-state index is 14.2. The van der Waals surface area contributed by atoms with Crippen LogP contribution in [0.2, 0.25) is 0 Å². The number of benzene rings is 2. The van der Waals surface area contributed by atoms with Crippen LogP contribution in [0.1, 0.15) is 10.5 Å². The molecule has 134 valence electrons. The first kappa shape index (κ1) is 16.6. The molecule has 0 radical (unpaired) electrons. The van der Waals surface area contributed by atoms with Crippen molar-refractivity contribution in [3.63, 3.8) is 0 Å². The summed E-state index contributed by atoms with van der Waals surface area (Å²) in [7, 11) is 0. The van der Waals surface area contributed by atoms with Gasteiger partial charge in [0.25, 0.3) is 5.91 Å². The van der Waals surface area contributed by atoms with Crippen molar-refractivity contribution in [1.29, 1.82) is 0 Å². The molecule has 4 aromatic rings. The van der Waals surface area contributed by atoms with E-state index in [1.54, 1.807) is 12.1 Å². The Kier molecular flexibility index (Phi) is 4.17. The maximum atomic E-state index is 14.2. The van der Waals surface area contributed by atoms with Crippen LogP contribution < -0.4 is 5.32 Å². The molecule has 1 N–H and O–H groups in total. The topological polar surface area (TPSA) is 85.8 Å². The Hall–Kier alpha value is -3.88. The number of carbonyl (C=O) groups is 1. The molecule has 9 heteroatoms. The van der Waals surface area contributed by atoms with Crippen LogP contribution in [0.5, 0.6) is 0 Å². The smallest absolute Gasteiger partial charge is 0.277 e. The molecule has 0 fully saturated rings. The molecule has 0 saturated heterocycles. The zero-order chi connectivity index (χ0) is 18.8. The molecule has 2 aromatic heterocycles. The second-order valence-electron chi connectivity index (χ2n) is 5.52. The number of anilines is 1. The van der Waals surface area contributed by atoms with Gasteiger partial charge in [-0.25, -0.2) is 18.4 Å². The average molecular weight is 367 g/mol. The van der Waals surface area contributed by atoms with Crippen LogP contribution in [0.3, 0.4) is 0 Å². The molecule has 7 nitrogen and oxygen atoms in total. The SMILES string of the molecule is O=C(Nc1ccc(-n2cncn2)c(F)c1)c1cc(-c2ccccc2F)on1. The number of halogens is 2. The number of nitrogens with zero attached hydrogens (tertiary/aromatic N) is 4. The van der Waals surface area contributed by atoms with Crippen molar-refractivity contribution in [3.8, 4) is 17.0 Å². The first-order valence-electron chi connectivity index (χ1n) is 7.79. The second kappa shape index (κ2) is 6.79. The molecule has 1 amide bonds. The lowest BCUT2D eigenvalue weighted by Gasteiger charge is -2.06. The highest BCUT2D eigenvalue weighted by molar-refractivity contribution is 6.03. The van der Waals surface area contributed by atoms with Gasteiger partial charge in [0, 0.05) is 11.8 Å². The molecule has 0 aliphatic heterocycles. The molecule has 27 heavy (non-hydrogen) atoms. The van der Waals surface area contributed by atoms with E-state index in [1.165, 1.54) is 47.7 Å². The van der Waals surface area contributed by atoms with Crippen molar-refractivity contribution >= 4 is 11.6 Å². The van der Waals surface area contributed by atoms with E-state index < -0.39 is 17.5 Å².